The van der Waals surface area contributed by atoms with Crippen molar-refractivity contribution in [1.29, 1.82) is 0 Å². The highest BCUT2D eigenvalue weighted by Crippen LogP contribution is 2.33. The number of hydrogen-bond acceptors (Lipinski definition) is 5. The van der Waals surface area contributed by atoms with E-state index in [1.165, 1.54) is 5.56 Å². The minimum atomic E-state index is -0.570. The molecule has 34 heavy (non-hydrogen) atoms. The standard InChI is InChI=1S/C26H34N4O2S2/c1-28-14-16-29(17-15-28)25(31)24(18-22-10-6-3-7-11-22)27-26(32)30(23-19-33-34-20-23)13-12-21-8-4-2-5-9-21/h2-11,23-24H,12-20H2,1H3,(H,27,32)/t24-/m0/s1. The Morgan fingerprint density at radius 3 is 2.15 bits per heavy atom. The molecule has 0 bridgehead atoms. The fraction of sp³-hybridized carbons (Fsp3) is 0.462. The van der Waals surface area contributed by atoms with Gasteiger partial charge in [-0.25, -0.2) is 4.79 Å². The van der Waals surface area contributed by atoms with Gasteiger partial charge in [-0.3, -0.25) is 4.79 Å². The second-order valence-corrected chi connectivity index (χ2v) is 11.5. The topological polar surface area (TPSA) is 55.9 Å². The molecule has 4 rings (SSSR count). The third-order valence-corrected chi connectivity index (χ3v) is 9.01. The van der Waals surface area contributed by atoms with Crippen LogP contribution < -0.4 is 5.32 Å². The Balaban J connectivity index is 1.48. The van der Waals surface area contributed by atoms with Crippen molar-refractivity contribution >= 4 is 33.5 Å². The van der Waals surface area contributed by atoms with Crippen molar-refractivity contribution in [3.8, 4) is 0 Å². The fourth-order valence-corrected chi connectivity index (χ4v) is 7.13. The van der Waals surface area contributed by atoms with E-state index in [2.05, 4.69) is 29.4 Å². The summed E-state index contributed by atoms with van der Waals surface area (Å²) in [6.07, 6.45) is 1.30. The summed E-state index contributed by atoms with van der Waals surface area (Å²) in [4.78, 5) is 33.2. The average molecular weight is 499 g/mol. The predicted molar refractivity (Wildman–Crippen MR) is 142 cm³/mol. The minimum Gasteiger partial charge on any atom is -0.338 e. The summed E-state index contributed by atoms with van der Waals surface area (Å²) >= 11 is 0. The molecule has 0 unspecified atom stereocenters. The lowest BCUT2D eigenvalue weighted by atomic mass is 10.0. The van der Waals surface area contributed by atoms with Crippen LogP contribution in [0.3, 0.4) is 0 Å². The molecule has 0 aromatic heterocycles. The maximum atomic E-state index is 13.6. The van der Waals surface area contributed by atoms with Crippen LogP contribution in [0.1, 0.15) is 11.1 Å². The monoisotopic (exact) mass is 498 g/mol. The first-order valence-corrected chi connectivity index (χ1v) is 14.5. The minimum absolute atomic E-state index is 0.0171. The molecule has 0 spiro atoms. The highest BCUT2D eigenvalue weighted by Gasteiger charge is 2.32. The number of carbonyl (C=O) groups is 2. The number of carbonyl (C=O) groups excluding carboxylic acids is 2. The Morgan fingerprint density at radius 2 is 1.53 bits per heavy atom. The van der Waals surface area contributed by atoms with Gasteiger partial charge in [-0.1, -0.05) is 82.3 Å². The average Bonchev–Trinajstić information content (AvgIpc) is 3.40. The van der Waals surface area contributed by atoms with Crippen LogP contribution in [0.4, 0.5) is 4.79 Å². The number of urea groups is 1. The molecule has 182 valence electrons. The number of nitrogens with zero attached hydrogens (tertiary/aromatic N) is 3. The van der Waals surface area contributed by atoms with Crippen molar-refractivity contribution in [1.82, 2.24) is 20.0 Å². The second-order valence-electron chi connectivity index (χ2n) is 8.97. The Morgan fingerprint density at radius 1 is 0.941 bits per heavy atom. The Bertz CT molecular complexity index is 917. The van der Waals surface area contributed by atoms with Crippen LogP contribution in [-0.2, 0) is 17.6 Å². The molecule has 3 amide bonds. The summed E-state index contributed by atoms with van der Waals surface area (Å²) < 4.78 is 0. The van der Waals surface area contributed by atoms with Crippen LogP contribution in [0, 0.1) is 0 Å². The van der Waals surface area contributed by atoms with Gasteiger partial charge in [0.1, 0.15) is 6.04 Å². The molecule has 2 saturated heterocycles. The maximum Gasteiger partial charge on any atom is 0.318 e. The van der Waals surface area contributed by atoms with Gasteiger partial charge in [-0.2, -0.15) is 0 Å². The summed E-state index contributed by atoms with van der Waals surface area (Å²) in [6.45, 7) is 3.76. The van der Waals surface area contributed by atoms with E-state index in [0.717, 1.165) is 36.6 Å². The zero-order valence-corrected chi connectivity index (χ0v) is 21.4. The fourth-order valence-electron chi connectivity index (χ4n) is 4.35. The van der Waals surface area contributed by atoms with E-state index in [1.54, 1.807) is 0 Å². The Hall–Kier alpha value is -2.16. The first-order chi connectivity index (χ1) is 16.6. The molecule has 2 heterocycles. The molecule has 2 aromatic carbocycles. The number of benzene rings is 2. The molecule has 2 aromatic rings. The van der Waals surface area contributed by atoms with Crippen LogP contribution in [0.25, 0.3) is 0 Å². The van der Waals surface area contributed by atoms with Gasteiger partial charge in [0.2, 0.25) is 5.91 Å². The molecule has 2 fully saturated rings. The SMILES string of the molecule is CN1CCN(C(=O)[C@H](Cc2ccccc2)NC(=O)N(CCc2ccccc2)C2CSSC2)CC1. The van der Waals surface area contributed by atoms with Crippen molar-refractivity contribution in [2.75, 3.05) is 51.3 Å². The third kappa shape index (κ3) is 6.93. The molecular weight excluding hydrogens is 464 g/mol. The van der Waals surface area contributed by atoms with Crippen LogP contribution in [-0.4, -0.2) is 90.0 Å². The van der Waals surface area contributed by atoms with Gasteiger partial charge in [0.15, 0.2) is 0 Å². The molecular formula is C26H34N4O2S2. The van der Waals surface area contributed by atoms with Crippen LogP contribution >= 0.6 is 21.6 Å². The molecule has 0 saturated carbocycles. The van der Waals surface area contributed by atoms with Crippen LogP contribution in [0.15, 0.2) is 60.7 Å². The lowest BCUT2D eigenvalue weighted by Crippen LogP contribution is -2.58. The smallest absolute Gasteiger partial charge is 0.318 e. The second kappa shape index (κ2) is 12.5. The number of likely N-dealkylation sites (N-methyl/N-ethyl adjacent to an activating group) is 1. The maximum absolute atomic E-state index is 13.6. The van der Waals surface area contributed by atoms with Crippen molar-refractivity contribution < 1.29 is 9.59 Å². The van der Waals surface area contributed by atoms with Gasteiger partial charge in [-0.05, 0) is 24.6 Å². The van der Waals surface area contributed by atoms with Crippen molar-refractivity contribution in [3.05, 3.63) is 71.8 Å². The number of piperazine rings is 1. The summed E-state index contributed by atoms with van der Waals surface area (Å²) in [5, 5.41) is 3.15. The highest BCUT2D eigenvalue weighted by molar-refractivity contribution is 8.77. The normalized spacial score (nSPS) is 18.0. The molecule has 1 atom stereocenters. The molecule has 2 aliphatic rings. The summed E-state index contributed by atoms with van der Waals surface area (Å²) in [5.41, 5.74) is 2.27. The number of hydrogen-bond donors (Lipinski definition) is 1. The van der Waals surface area contributed by atoms with Crippen LogP contribution in [0.2, 0.25) is 0 Å². The van der Waals surface area contributed by atoms with Crippen molar-refractivity contribution in [2.45, 2.75) is 24.9 Å². The quantitative estimate of drug-likeness (QED) is 0.566. The van der Waals surface area contributed by atoms with E-state index in [4.69, 9.17) is 0 Å². The van der Waals surface area contributed by atoms with E-state index < -0.39 is 6.04 Å². The van der Waals surface area contributed by atoms with Gasteiger partial charge in [0.25, 0.3) is 0 Å². The Labute approximate surface area is 210 Å². The summed E-state index contributed by atoms with van der Waals surface area (Å²) in [6, 6.07) is 19.7. The largest absolute Gasteiger partial charge is 0.338 e. The molecule has 1 N–H and O–H groups in total. The van der Waals surface area contributed by atoms with Crippen molar-refractivity contribution in [2.24, 2.45) is 0 Å². The van der Waals surface area contributed by atoms with E-state index in [1.807, 2.05) is 79.9 Å². The molecule has 2 aliphatic heterocycles. The molecule has 6 nitrogen and oxygen atoms in total. The van der Waals surface area contributed by atoms with Gasteiger partial charge in [0.05, 0.1) is 6.04 Å². The van der Waals surface area contributed by atoms with E-state index in [-0.39, 0.29) is 18.0 Å². The number of amides is 3. The summed E-state index contributed by atoms with van der Waals surface area (Å²) in [5.74, 6) is 1.86. The summed E-state index contributed by atoms with van der Waals surface area (Å²) in [7, 11) is 5.71. The van der Waals surface area contributed by atoms with E-state index in [9.17, 15) is 9.59 Å². The first-order valence-electron chi connectivity index (χ1n) is 12.0. The lowest BCUT2D eigenvalue weighted by Gasteiger charge is -2.36. The van der Waals surface area contributed by atoms with E-state index in [0.29, 0.717) is 26.1 Å². The number of rotatable bonds is 8. The molecule has 0 radical (unpaired) electrons. The zero-order chi connectivity index (χ0) is 23.8. The number of nitrogens with one attached hydrogen (secondary N) is 1. The van der Waals surface area contributed by atoms with Gasteiger partial charge < -0.3 is 20.0 Å². The Kier molecular flexibility index (Phi) is 9.18. The third-order valence-electron chi connectivity index (χ3n) is 6.48. The molecule has 0 aliphatic carbocycles. The lowest BCUT2D eigenvalue weighted by molar-refractivity contribution is -0.134. The highest BCUT2D eigenvalue weighted by atomic mass is 33.1. The first kappa shape index (κ1) is 24.9. The van der Waals surface area contributed by atoms with Gasteiger partial charge in [0, 0.05) is 50.7 Å². The molecule has 8 heteroatoms. The van der Waals surface area contributed by atoms with Crippen LogP contribution in [0.5, 0.6) is 0 Å². The van der Waals surface area contributed by atoms with Gasteiger partial charge in [-0.15, -0.1) is 0 Å². The van der Waals surface area contributed by atoms with Crippen molar-refractivity contribution in [3.63, 3.8) is 0 Å². The zero-order valence-electron chi connectivity index (χ0n) is 19.8. The predicted octanol–water partition coefficient (Wildman–Crippen LogP) is 3.39. The van der Waals surface area contributed by atoms with E-state index >= 15 is 0 Å². The van der Waals surface area contributed by atoms with Gasteiger partial charge >= 0.3 is 6.03 Å².